The van der Waals surface area contributed by atoms with E-state index in [1.54, 1.807) is 0 Å². The topological polar surface area (TPSA) is 137 Å². The van der Waals surface area contributed by atoms with Crippen molar-refractivity contribution in [3.63, 3.8) is 0 Å². The predicted octanol–water partition coefficient (Wildman–Crippen LogP) is 3.28. The third kappa shape index (κ3) is 5.49. The van der Waals surface area contributed by atoms with Gasteiger partial charge in [-0.15, -0.1) is 5.10 Å². The van der Waals surface area contributed by atoms with Gasteiger partial charge in [0.25, 0.3) is 0 Å². The second-order valence-electron chi connectivity index (χ2n) is 14.2. The van der Waals surface area contributed by atoms with E-state index >= 15 is 0 Å². The van der Waals surface area contributed by atoms with Gasteiger partial charge in [-0.1, -0.05) is 25.1 Å². The highest BCUT2D eigenvalue weighted by atomic mass is 19.1. The number of fused-ring (bicyclic) bond motifs is 2. The number of aliphatic hydroxyl groups is 3. The Balaban J connectivity index is 0.936. The molecule has 9 nitrogen and oxygen atoms in total. The molecule has 43 heavy (non-hydrogen) atoms. The van der Waals surface area contributed by atoms with Gasteiger partial charge in [-0.3, -0.25) is 9.89 Å². The molecule has 234 valence electrons. The van der Waals surface area contributed by atoms with E-state index in [0.717, 1.165) is 54.0 Å². The van der Waals surface area contributed by atoms with Crippen LogP contribution in [0.25, 0.3) is 0 Å². The molecule has 6 unspecified atom stereocenters. The van der Waals surface area contributed by atoms with Crippen molar-refractivity contribution in [2.45, 2.75) is 108 Å². The van der Waals surface area contributed by atoms with Crippen LogP contribution in [0.3, 0.4) is 0 Å². The van der Waals surface area contributed by atoms with Gasteiger partial charge in [-0.25, -0.2) is 4.39 Å². The molecule has 0 radical (unpaired) electrons. The number of aromatic amines is 1. The predicted molar refractivity (Wildman–Crippen MR) is 155 cm³/mol. The van der Waals surface area contributed by atoms with Gasteiger partial charge in [0.2, 0.25) is 18.1 Å². The number of aromatic nitrogens is 2. The largest absolute Gasteiger partial charge is 0.443 e. The number of alkyl halides is 1. The Morgan fingerprint density at radius 3 is 2.58 bits per heavy atom. The van der Waals surface area contributed by atoms with Crippen molar-refractivity contribution < 1.29 is 34.0 Å². The van der Waals surface area contributed by atoms with E-state index < -0.39 is 37.4 Å². The lowest BCUT2D eigenvalue weighted by Gasteiger charge is -2.56. The summed E-state index contributed by atoms with van der Waals surface area (Å²) < 4.78 is 25.4. The molecule has 8 rings (SSSR count). The van der Waals surface area contributed by atoms with Crippen LogP contribution >= 0.6 is 0 Å². The highest BCUT2D eigenvalue weighted by molar-refractivity contribution is 5.75. The van der Waals surface area contributed by atoms with Gasteiger partial charge in [0.1, 0.15) is 18.3 Å². The van der Waals surface area contributed by atoms with E-state index in [9.17, 15) is 24.5 Å². The summed E-state index contributed by atoms with van der Waals surface area (Å²) in [5, 5.41) is 40.4. The van der Waals surface area contributed by atoms with Gasteiger partial charge in [0.15, 0.2) is 6.17 Å². The van der Waals surface area contributed by atoms with Crippen LogP contribution in [0.5, 0.6) is 5.88 Å². The number of carbonyl (C=O) groups is 1. The third-order valence-corrected chi connectivity index (χ3v) is 11.1. The minimum atomic E-state index is -1.92. The number of rotatable bonds is 9. The van der Waals surface area contributed by atoms with Crippen LogP contribution in [0.15, 0.2) is 18.2 Å². The molecule has 2 heterocycles. The number of nitrogens with zero attached hydrogens (tertiary/aromatic N) is 1. The van der Waals surface area contributed by atoms with Gasteiger partial charge in [-0.05, 0) is 91.2 Å². The molecule has 4 saturated carbocycles. The van der Waals surface area contributed by atoms with Gasteiger partial charge < -0.3 is 30.1 Å². The molecule has 1 aromatic carbocycles. The lowest BCUT2D eigenvalue weighted by molar-refractivity contribution is -0.265. The summed E-state index contributed by atoms with van der Waals surface area (Å²) in [5.41, 5.74) is 5.58. The normalized spacial score (nSPS) is 37.6. The summed E-state index contributed by atoms with van der Waals surface area (Å²) in [5.74, 6) is 3.08. The zero-order chi connectivity index (χ0) is 29.9. The molecule has 1 amide bonds. The number of ether oxygens (including phenoxy) is 2. The number of benzene rings is 1. The van der Waals surface area contributed by atoms with Crippen LogP contribution in [0.4, 0.5) is 4.39 Å². The van der Waals surface area contributed by atoms with Crippen molar-refractivity contribution in [2.24, 2.45) is 23.2 Å². The number of nitrogens with one attached hydrogen (secondary N) is 2. The number of H-pyrrole nitrogens is 1. The van der Waals surface area contributed by atoms with Crippen molar-refractivity contribution in [2.75, 3.05) is 13.2 Å². The third-order valence-electron chi connectivity index (χ3n) is 11.1. The van der Waals surface area contributed by atoms with Crippen LogP contribution < -0.4 is 10.1 Å². The van der Waals surface area contributed by atoms with Gasteiger partial charge in [0.05, 0.1) is 6.61 Å². The zero-order valence-corrected chi connectivity index (χ0v) is 24.8. The maximum absolute atomic E-state index is 14.2. The molecule has 5 fully saturated rings. The first kappa shape index (κ1) is 29.2. The summed E-state index contributed by atoms with van der Waals surface area (Å²) >= 11 is 0. The fourth-order valence-electron chi connectivity index (χ4n) is 9.28. The Bertz CT molecular complexity index is 1310. The molecule has 5 N–H and O–H groups in total. The van der Waals surface area contributed by atoms with Gasteiger partial charge >= 0.3 is 0 Å². The monoisotopic (exact) mass is 597 g/mol. The van der Waals surface area contributed by atoms with Crippen LogP contribution in [-0.4, -0.2) is 75.3 Å². The van der Waals surface area contributed by atoms with Crippen molar-refractivity contribution >= 4 is 5.91 Å². The molecular formula is C33H44FN3O6. The fraction of sp³-hybridized carbons (Fsp3) is 0.697. The summed E-state index contributed by atoms with van der Waals surface area (Å²) in [6.07, 6.45) is 2.94. The first-order valence-electron chi connectivity index (χ1n) is 16.1. The van der Waals surface area contributed by atoms with Crippen LogP contribution in [0.1, 0.15) is 92.2 Å². The number of halogens is 1. The van der Waals surface area contributed by atoms with E-state index in [0.29, 0.717) is 18.3 Å². The van der Waals surface area contributed by atoms with E-state index in [1.165, 1.54) is 49.7 Å². The molecule has 1 aromatic heterocycles. The number of hydrogen-bond donors (Lipinski definition) is 5. The lowest BCUT2D eigenvalue weighted by Crippen LogP contribution is -2.58. The fourth-order valence-corrected chi connectivity index (χ4v) is 9.28. The highest BCUT2D eigenvalue weighted by Crippen LogP contribution is 2.59. The number of aryl methyl sites for hydroxylation is 1. The molecular weight excluding hydrogens is 553 g/mol. The summed E-state index contributed by atoms with van der Waals surface area (Å²) in [6, 6.07) is 6.44. The van der Waals surface area contributed by atoms with E-state index in [4.69, 9.17) is 9.47 Å². The minimum absolute atomic E-state index is 0.00956. The second-order valence-corrected chi connectivity index (χ2v) is 14.2. The van der Waals surface area contributed by atoms with Crippen molar-refractivity contribution in [3.05, 3.63) is 46.1 Å². The quantitative estimate of drug-likeness (QED) is 0.299. The SMILES string of the molecule is CC1c2cc(CCCC(=O)NCC34CC5CC(CC(C5)C3)C4)ccc2Cc2c(OC3OC(CO)C(F)C(O)C3O)n[nH]c21. The average Bonchev–Trinajstić information content (AvgIpc) is 3.38. The number of carbonyl (C=O) groups excluding carboxylic acids is 1. The standard InChI is InChI=1S/C33H44FN3O6/c1-17-23-10-18(3-2-4-26(39)35-16-33-12-19-7-20(13-33)9-21(8-19)14-33)5-6-22(23)11-24-28(17)36-37-31(24)43-32-30(41)29(40)27(34)25(15-38)42-32/h5-6,10,17,19-21,25,27,29-30,32,38,40-41H,2-4,7-9,11-16H2,1H3,(H,35,39)(H,36,37). The average molecular weight is 598 g/mol. The molecule has 2 aromatic rings. The Morgan fingerprint density at radius 1 is 1.16 bits per heavy atom. The summed E-state index contributed by atoms with van der Waals surface area (Å²) in [7, 11) is 0. The Labute approximate surface area is 251 Å². The molecule has 5 aliphatic carbocycles. The van der Waals surface area contributed by atoms with E-state index in [2.05, 4.69) is 40.6 Å². The summed E-state index contributed by atoms with van der Waals surface area (Å²) in [4.78, 5) is 12.8. The Kier molecular flexibility index (Phi) is 7.76. The van der Waals surface area contributed by atoms with Crippen molar-refractivity contribution in [1.29, 1.82) is 0 Å². The highest BCUT2D eigenvalue weighted by Gasteiger charge is 2.51. The zero-order valence-electron chi connectivity index (χ0n) is 24.8. The second kappa shape index (κ2) is 11.4. The number of hydrogen-bond acceptors (Lipinski definition) is 7. The lowest BCUT2D eigenvalue weighted by atomic mass is 9.49. The van der Waals surface area contributed by atoms with Crippen LogP contribution in [0.2, 0.25) is 0 Å². The first-order valence-corrected chi connectivity index (χ1v) is 16.1. The maximum atomic E-state index is 14.2. The molecule has 0 spiro atoms. The van der Waals surface area contributed by atoms with Crippen LogP contribution in [0, 0.1) is 23.2 Å². The Morgan fingerprint density at radius 2 is 1.88 bits per heavy atom. The first-order chi connectivity index (χ1) is 20.7. The molecule has 1 saturated heterocycles. The van der Waals surface area contributed by atoms with E-state index in [-0.39, 0.29) is 17.7 Å². The summed E-state index contributed by atoms with van der Waals surface area (Å²) in [6.45, 7) is 2.29. The molecule has 1 aliphatic heterocycles. The smallest absolute Gasteiger partial charge is 0.238 e. The number of amides is 1. The van der Waals surface area contributed by atoms with Gasteiger partial charge in [0, 0.05) is 36.6 Å². The molecule has 6 aliphatic rings. The van der Waals surface area contributed by atoms with Crippen molar-refractivity contribution in [3.8, 4) is 5.88 Å². The maximum Gasteiger partial charge on any atom is 0.238 e. The minimum Gasteiger partial charge on any atom is -0.443 e. The van der Waals surface area contributed by atoms with E-state index in [1.807, 2.05) is 0 Å². The van der Waals surface area contributed by atoms with Crippen LogP contribution in [-0.2, 0) is 22.4 Å². The Hall–Kier alpha value is -2.53. The molecule has 4 bridgehead atoms. The van der Waals surface area contributed by atoms with Crippen molar-refractivity contribution in [1.82, 2.24) is 15.5 Å². The van der Waals surface area contributed by atoms with Gasteiger partial charge in [-0.2, -0.15) is 0 Å². The number of aliphatic hydroxyl groups excluding tert-OH is 3. The molecule has 10 heteroatoms. The molecule has 6 atom stereocenters.